The predicted molar refractivity (Wildman–Crippen MR) is 60.0 cm³/mol. The van der Waals surface area contributed by atoms with Gasteiger partial charge >= 0.3 is 0 Å². The lowest BCUT2D eigenvalue weighted by Gasteiger charge is -2.23. The first kappa shape index (κ1) is 9.82. The summed E-state index contributed by atoms with van der Waals surface area (Å²) in [6, 6.07) is 2.10. The second-order valence-corrected chi connectivity index (χ2v) is 5.82. The summed E-state index contributed by atoms with van der Waals surface area (Å²) in [6.07, 6.45) is 3.79. The fraction of sp³-hybridized carbons (Fsp3) is 0.667. The van der Waals surface area contributed by atoms with E-state index < -0.39 is 0 Å². The number of rotatable bonds is 2. The Kier molecular flexibility index (Phi) is 2.34. The molecule has 3 rings (SSSR count). The van der Waals surface area contributed by atoms with Gasteiger partial charge in [0.1, 0.15) is 0 Å². The van der Waals surface area contributed by atoms with Crippen LogP contribution in [0.3, 0.4) is 0 Å². The SMILES string of the molecule is Cc1cc(C(O)C2CC3CCC2O3)cs1. The second kappa shape index (κ2) is 3.58. The van der Waals surface area contributed by atoms with E-state index in [1.54, 1.807) is 11.3 Å². The molecule has 2 aliphatic rings. The van der Waals surface area contributed by atoms with Gasteiger partial charge in [-0.2, -0.15) is 0 Å². The third-order valence-electron chi connectivity index (χ3n) is 3.65. The Bertz CT molecular complexity index is 360. The number of aliphatic hydroxyl groups is 1. The fourth-order valence-electron chi connectivity index (χ4n) is 2.88. The maximum atomic E-state index is 10.3. The van der Waals surface area contributed by atoms with Gasteiger partial charge < -0.3 is 9.84 Å². The summed E-state index contributed by atoms with van der Waals surface area (Å²) in [7, 11) is 0. The first-order valence-corrected chi connectivity index (χ1v) is 6.50. The normalized spacial score (nSPS) is 36.0. The zero-order valence-corrected chi connectivity index (χ0v) is 9.67. The van der Waals surface area contributed by atoms with Crippen LogP contribution in [0.1, 0.15) is 35.8 Å². The largest absolute Gasteiger partial charge is 0.388 e. The molecule has 1 N–H and O–H groups in total. The molecule has 2 aliphatic heterocycles. The summed E-state index contributed by atoms with van der Waals surface area (Å²) in [5.74, 6) is 0.331. The van der Waals surface area contributed by atoms with Crippen LogP contribution < -0.4 is 0 Å². The molecule has 2 bridgehead atoms. The van der Waals surface area contributed by atoms with E-state index in [0.717, 1.165) is 18.4 Å². The van der Waals surface area contributed by atoms with Crippen LogP contribution in [0, 0.1) is 12.8 Å². The van der Waals surface area contributed by atoms with Crippen LogP contribution in [0.15, 0.2) is 11.4 Å². The minimum absolute atomic E-state index is 0.310. The average molecular weight is 224 g/mol. The van der Waals surface area contributed by atoms with Gasteiger partial charge in [-0.15, -0.1) is 11.3 Å². The molecule has 0 aliphatic carbocycles. The molecule has 4 unspecified atom stereocenters. The summed E-state index contributed by atoms with van der Waals surface area (Å²) >= 11 is 1.71. The Hall–Kier alpha value is -0.380. The summed E-state index contributed by atoms with van der Waals surface area (Å²) in [4.78, 5) is 1.27. The van der Waals surface area contributed by atoms with E-state index in [0.29, 0.717) is 18.1 Å². The van der Waals surface area contributed by atoms with Crippen molar-refractivity contribution in [2.24, 2.45) is 5.92 Å². The van der Waals surface area contributed by atoms with Crippen LogP contribution in [-0.4, -0.2) is 17.3 Å². The molecule has 2 saturated heterocycles. The molecule has 1 aromatic heterocycles. The number of aliphatic hydroxyl groups excluding tert-OH is 1. The molecule has 0 radical (unpaired) electrons. The van der Waals surface area contributed by atoms with Gasteiger partial charge in [0, 0.05) is 10.8 Å². The van der Waals surface area contributed by atoms with Crippen LogP contribution in [-0.2, 0) is 4.74 Å². The summed E-state index contributed by atoms with van der Waals surface area (Å²) in [5, 5.41) is 12.4. The molecule has 0 amide bonds. The quantitative estimate of drug-likeness (QED) is 0.837. The van der Waals surface area contributed by atoms with Gasteiger partial charge in [-0.1, -0.05) is 0 Å². The van der Waals surface area contributed by atoms with E-state index in [1.807, 2.05) is 0 Å². The number of aryl methyl sites for hydroxylation is 1. The Morgan fingerprint density at radius 1 is 1.53 bits per heavy atom. The molecule has 0 saturated carbocycles. The van der Waals surface area contributed by atoms with Crippen molar-refractivity contribution in [3.05, 3.63) is 21.9 Å². The maximum Gasteiger partial charge on any atom is 0.0852 e. The lowest BCUT2D eigenvalue weighted by Crippen LogP contribution is -2.23. The summed E-state index contributed by atoms with van der Waals surface area (Å²) in [6.45, 7) is 2.08. The molecular formula is C12H16O2S. The zero-order chi connectivity index (χ0) is 10.4. The lowest BCUT2D eigenvalue weighted by atomic mass is 9.83. The lowest BCUT2D eigenvalue weighted by molar-refractivity contribution is 0.0424. The molecular weight excluding hydrogens is 208 g/mol. The van der Waals surface area contributed by atoms with Gasteiger partial charge in [-0.05, 0) is 43.2 Å². The molecule has 2 nitrogen and oxygen atoms in total. The summed E-state index contributed by atoms with van der Waals surface area (Å²) in [5.41, 5.74) is 1.08. The number of fused-ring (bicyclic) bond motifs is 2. The van der Waals surface area contributed by atoms with Gasteiger partial charge in [-0.25, -0.2) is 0 Å². The van der Waals surface area contributed by atoms with Gasteiger partial charge in [0.2, 0.25) is 0 Å². The Morgan fingerprint density at radius 2 is 2.40 bits per heavy atom. The highest BCUT2D eigenvalue weighted by molar-refractivity contribution is 7.10. The minimum Gasteiger partial charge on any atom is -0.388 e. The minimum atomic E-state index is -0.315. The third-order valence-corrected chi connectivity index (χ3v) is 4.53. The number of hydrogen-bond acceptors (Lipinski definition) is 3. The highest BCUT2D eigenvalue weighted by Gasteiger charge is 2.44. The molecule has 0 aromatic carbocycles. The molecule has 2 fully saturated rings. The highest BCUT2D eigenvalue weighted by atomic mass is 32.1. The van der Waals surface area contributed by atoms with E-state index >= 15 is 0 Å². The van der Waals surface area contributed by atoms with Crippen molar-refractivity contribution in [2.45, 2.75) is 44.5 Å². The van der Waals surface area contributed by atoms with E-state index in [-0.39, 0.29) is 6.10 Å². The molecule has 1 aromatic rings. The van der Waals surface area contributed by atoms with Crippen molar-refractivity contribution < 1.29 is 9.84 Å². The Labute approximate surface area is 93.9 Å². The van der Waals surface area contributed by atoms with Crippen molar-refractivity contribution in [1.29, 1.82) is 0 Å². The second-order valence-electron chi connectivity index (χ2n) is 4.71. The summed E-state index contributed by atoms with van der Waals surface area (Å²) < 4.78 is 5.78. The number of thiophene rings is 1. The van der Waals surface area contributed by atoms with Crippen molar-refractivity contribution >= 4 is 11.3 Å². The van der Waals surface area contributed by atoms with Gasteiger partial charge in [0.25, 0.3) is 0 Å². The zero-order valence-electron chi connectivity index (χ0n) is 8.85. The molecule has 4 atom stereocenters. The molecule has 3 heterocycles. The standard InChI is InChI=1S/C12H16O2S/c1-7-4-8(6-15-7)12(13)10-5-9-2-3-11(10)14-9/h4,6,9-13H,2-3,5H2,1H3. The van der Waals surface area contributed by atoms with E-state index in [4.69, 9.17) is 4.74 Å². The van der Waals surface area contributed by atoms with Crippen molar-refractivity contribution in [3.8, 4) is 0 Å². The fourth-order valence-corrected chi connectivity index (χ4v) is 3.61. The molecule has 3 heteroatoms. The number of hydrogen-bond donors (Lipinski definition) is 1. The van der Waals surface area contributed by atoms with E-state index in [2.05, 4.69) is 18.4 Å². The Balaban J connectivity index is 1.77. The van der Waals surface area contributed by atoms with Crippen LogP contribution in [0.25, 0.3) is 0 Å². The smallest absolute Gasteiger partial charge is 0.0852 e. The van der Waals surface area contributed by atoms with E-state index in [9.17, 15) is 5.11 Å². The van der Waals surface area contributed by atoms with Crippen LogP contribution in [0.4, 0.5) is 0 Å². The molecule has 0 spiro atoms. The predicted octanol–water partition coefficient (Wildman–Crippen LogP) is 2.66. The number of ether oxygens (including phenoxy) is 1. The first-order chi connectivity index (χ1) is 7.24. The van der Waals surface area contributed by atoms with E-state index in [1.165, 1.54) is 11.3 Å². The van der Waals surface area contributed by atoms with Crippen molar-refractivity contribution in [3.63, 3.8) is 0 Å². The third kappa shape index (κ3) is 1.63. The topological polar surface area (TPSA) is 29.5 Å². The van der Waals surface area contributed by atoms with Gasteiger partial charge in [-0.3, -0.25) is 0 Å². The molecule has 82 valence electrons. The van der Waals surface area contributed by atoms with Gasteiger partial charge in [0.05, 0.1) is 18.3 Å². The van der Waals surface area contributed by atoms with Crippen LogP contribution >= 0.6 is 11.3 Å². The van der Waals surface area contributed by atoms with Crippen LogP contribution in [0.2, 0.25) is 0 Å². The van der Waals surface area contributed by atoms with Crippen molar-refractivity contribution in [2.75, 3.05) is 0 Å². The van der Waals surface area contributed by atoms with Gasteiger partial charge in [0.15, 0.2) is 0 Å². The molecule has 15 heavy (non-hydrogen) atoms. The Morgan fingerprint density at radius 3 is 2.93 bits per heavy atom. The average Bonchev–Trinajstić information content (AvgIpc) is 2.90. The first-order valence-electron chi connectivity index (χ1n) is 5.62. The van der Waals surface area contributed by atoms with Crippen LogP contribution in [0.5, 0.6) is 0 Å². The monoisotopic (exact) mass is 224 g/mol. The highest BCUT2D eigenvalue weighted by Crippen LogP contribution is 2.45. The van der Waals surface area contributed by atoms with Crippen molar-refractivity contribution in [1.82, 2.24) is 0 Å². The maximum absolute atomic E-state index is 10.3.